The molecule has 0 amide bonds. The fourth-order valence-corrected chi connectivity index (χ4v) is 4.97. The highest BCUT2D eigenvalue weighted by Gasteiger charge is 2.19. The summed E-state index contributed by atoms with van der Waals surface area (Å²) >= 11 is 0. The minimum Gasteiger partial charge on any atom is -0.311 e. The molecule has 168 valence electrons. The summed E-state index contributed by atoms with van der Waals surface area (Å²) in [5.41, 5.74) is 0. The van der Waals surface area contributed by atoms with E-state index in [1.54, 1.807) is 0 Å². The third kappa shape index (κ3) is 15.8. The second kappa shape index (κ2) is 20.2. The molecule has 1 N–H and O–H groups in total. The lowest BCUT2D eigenvalue weighted by atomic mass is 9.92. The second-order valence-electron chi connectivity index (χ2n) is 9.73. The van der Waals surface area contributed by atoms with E-state index in [1.165, 1.54) is 148 Å². The molecule has 1 heterocycles. The first-order chi connectivity index (χ1) is 13.9. The first-order valence-corrected chi connectivity index (χ1v) is 13.6. The summed E-state index contributed by atoms with van der Waals surface area (Å²) in [6, 6.07) is 1.67. The molecular formula is C27H55N. The van der Waals surface area contributed by atoms with Crippen molar-refractivity contribution in [3.63, 3.8) is 0 Å². The van der Waals surface area contributed by atoms with E-state index in [4.69, 9.17) is 0 Å². The monoisotopic (exact) mass is 393 g/mol. The maximum atomic E-state index is 4.00. The highest BCUT2D eigenvalue weighted by atomic mass is 15.0. The number of piperidine rings is 1. The third-order valence-electron chi connectivity index (χ3n) is 6.89. The zero-order chi connectivity index (χ0) is 20.1. The van der Waals surface area contributed by atoms with E-state index in [0.29, 0.717) is 0 Å². The third-order valence-corrected chi connectivity index (χ3v) is 6.89. The summed E-state index contributed by atoms with van der Waals surface area (Å²) < 4.78 is 0. The van der Waals surface area contributed by atoms with Crippen LogP contribution in [0.3, 0.4) is 0 Å². The molecule has 0 aliphatic carbocycles. The largest absolute Gasteiger partial charge is 0.311 e. The van der Waals surface area contributed by atoms with Crippen LogP contribution in [0.4, 0.5) is 0 Å². The molecule has 28 heavy (non-hydrogen) atoms. The summed E-state index contributed by atoms with van der Waals surface area (Å²) in [4.78, 5) is 0. The fourth-order valence-electron chi connectivity index (χ4n) is 4.97. The molecule has 1 fully saturated rings. The Morgan fingerprint density at radius 1 is 0.464 bits per heavy atom. The molecule has 0 aromatic heterocycles. The van der Waals surface area contributed by atoms with Crippen LogP contribution in [0.5, 0.6) is 0 Å². The smallest absolute Gasteiger partial charge is 0.00696 e. The van der Waals surface area contributed by atoms with Gasteiger partial charge in [-0.25, -0.2) is 0 Å². The lowest BCUT2D eigenvalue weighted by molar-refractivity contribution is 0.285. The fraction of sp³-hybridized carbons (Fsp3) is 1.00. The van der Waals surface area contributed by atoms with E-state index in [9.17, 15) is 0 Å². The molecule has 0 spiro atoms. The Bertz CT molecular complexity index is 273. The van der Waals surface area contributed by atoms with Crippen LogP contribution in [-0.4, -0.2) is 12.1 Å². The number of unbranched alkanes of at least 4 members (excludes halogenated alkanes) is 16. The van der Waals surface area contributed by atoms with Crippen LogP contribution in [-0.2, 0) is 0 Å². The van der Waals surface area contributed by atoms with E-state index in [-0.39, 0.29) is 0 Å². The van der Waals surface area contributed by atoms with Gasteiger partial charge in [0.25, 0.3) is 0 Å². The standard InChI is InChI=1S/C27H55N/c1-3-5-7-9-11-13-15-17-19-22-26-24-21-25-27(28-26)23-20-18-16-14-12-10-8-6-4-2/h26-28H,3-25H2,1-2H3. The van der Waals surface area contributed by atoms with Crippen molar-refractivity contribution in [2.24, 2.45) is 0 Å². The van der Waals surface area contributed by atoms with Gasteiger partial charge < -0.3 is 5.32 Å². The Labute approximate surface area is 179 Å². The average molecular weight is 394 g/mol. The number of hydrogen-bond acceptors (Lipinski definition) is 1. The number of hydrogen-bond donors (Lipinski definition) is 1. The molecule has 1 aliphatic heterocycles. The van der Waals surface area contributed by atoms with Crippen LogP contribution in [0, 0.1) is 0 Å². The zero-order valence-corrected chi connectivity index (χ0v) is 19.9. The Morgan fingerprint density at radius 2 is 0.786 bits per heavy atom. The van der Waals surface area contributed by atoms with Gasteiger partial charge in [-0.05, 0) is 25.7 Å². The van der Waals surface area contributed by atoms with E-state index in [1.807, 2.05) is 0 Å². The maximum Gasteiger partial charge on any atom is 0.00696 e. The quantitative estimate of drug-likeness (QED) is 0.203. The van der Waals surface area contributed by atoms with Gasteiger partial charge in [-0.1, -0.05) is 136 Å². The predicted molar refractivity (Wildman–Crippen MR) is 128 cm³/mol. The lowest BCUT2D eigenvalue weighted by Gasteiger charge is -2.31. The van der Waals surface area contributed by atoms with Gasteiger partial charge in [0.2, 0.25) is 0 Å². The van der Waals surface area contributed by atoms with Gasteiger partial charge in [-0.3, -0.25) is 0 Å². The Morgan fingerprint density at radius 3 is 1.14 bits per heavy atom. The molecule has 1 rings (SSSR count). The van der Waals surface area contributed by atoms with Crippen molar-refractivity contribution in [1.82, 2.24) is 5.32 Å². The van der Waals surface area contributed by atoms with Crippen molar-refractivity contribution in [2.75, 3.05) is 0 Å². The summed E-state index contributed by atoms with van der Waals surface area (Å²) in [5.74, 6) is 0. The Balaban J connectivity index is 1.88. The van der Waals surface area contributed by atoms with Crippen molar-refractivity contribution in [2.45, 2.75) is 174 Å². The molecule has 2 unspecified atom stereocenters. The summed E-state index contributed by atoms with van der Waals surface area (Å²) in [5, 5.41) is 4.00. The topological polar surface area (TPSA) is 12.0 Å². The van der Waals surface area contributed by atoms with Gasteiger partial charge in [0, 0.05) is 12.1 Å². The summed E-state index contributed by atoms with van der Waals surface area (Å²) in [6.45, 7) is 4.61. The van der Waals surface area contributed by atoms with Crippen molar-refractivity contribution in [3.8, 4) is 0 Å². The van der Waals surface area contributed by atoms with Gasteiger partial charge in [0.05, 0.1) is 0 Å². The molecule has 0 aromatic carbocycles. The van der Waals surface area contributed by atoms with Crippen LogP contribution in [0.15, 0.2) is 0 Å². The molecule has 0 saturated carbocycles. The Kier molecular flexibility index (Phi) is 18.8. The van der Waals surface area contributed by atoms with Gasteiger partial charge in [0.15, 0.2) is 0 Å². The van der Waals surface area contributed by atoms with Crippen LogP contribution < -0.4 is 5.32 Å². The molecule has 0 aromatic rings. The first-order valence-electron chi connectivity index (χ1n) is 13.6. The molecule has 0 radical (unpaired) electrons. The van der Waals surface area contributed by atoms with E-state index in [0.717, 1.165) is 12.1 Å². The first kappa shape index (κ1) is 26.0. The zero-order valence-electron chi connectivity index (χ0n) is 19.9. The highest BCUT2D eigenvalue weighted by molar-refractivity contribution is 4.80. The normalized spacial score (nSPS) is 19.9. The van der Waals surface area contributed by atoms with Gasteiger partial charge >= 0.3 is 0 Å². The van der Waals surface area contributed by atoms with Crippen LogP contribution in [0.25, 0.3) is 0 Å². The van der Waals surface area contributed by atoms with Crippen LogP contribution >= 0.6 is 0 Å². The molecule has 2 atom stereocenters. The number of rotatable bonds is 20. The molecule has 1 saturated heterocycles. The minimum absolute atomic E-state index is 0.835. The molecule has 1 nitrogen and oxygen atoms in total. The summed E-state index contributed by atoms with van der Waals surface area (Å²) in [6.07, 6.45) is 33.4. The maximum absolute atomic E-state index is 4.00. The van der Waals surface area contributed by atoms with Crippen molar-refractivity contribution in [3.05, 3.63) is 0 Å². The van der Waals surface area contributed by atoms with E-state index < -0.39 is 0 Å². The summed E-state index contributed by atoms with van der Waals surface area (Å²) in [7, 11) is 0. The van der Waals surface area contributed by atoms with Crippen LogP contribution in [0.2, 0.25) is 0 Å². The Hall–Kier alpha value is -0.0400. The highest BCUT2D eigenvalue weighted by Crippen LogP contribution is 2.21. The van der Waals surface area contributed by atoms with E-state index in [2.05, 4.69) is 19.2 Å². The van der Waals surface area contributed by atoms with Gasteiger partial charge in [-0.15, -0.1) is 0 Å². The minimum atomic E-state index is 0.835. The molecular weight excluding hydrogens is 338 g/mol. The van der Waals surface area contributed by atoms with Crippen molar-refractivity contribution >= 4 is 0 Å². The van der Waals surface area contributed by atoms with Gasteiger partial charge in [0.1, 0.15) is 0 Å². The van der Waals surface area contributed by atoms with Crippen LogP contribution in [0.1, 0.15) is 162 Å². The van der Waals surface area contributed by atoms with E-state index >= 15 is 0 Å². The molecule has 0 bridgehead atoms. The molecule has 1 heteroatoms. The average Bonchev–Trinajstić information content (AvgIpc) is 2.72. The predicted octanol–water partition coefficient (Wildman–Crippen LogP) is 9.34. The van der Waals surface area contributed by atoms with Gasteiger partial charge in [-0.2, -0.15) is 0 Å². The van der Waals surface area contributed by atoms with Crippen molar-refractivity contribution < 1.29 is 0 Å². The second-order valence-corrected chi connectivity index (χ2v) is 9.73. The lowest BCUT2D eigenvalue weighted by Crippen LogP contribution is -2.42. The molecule has 1 aliphatic rings. The van der Waals surface area contributed by atoms with Crippen molar-refractivity contribution in [1.29, 1.82) is 0 Å². The SMILES string of the molecule is CCCCCCCCCCCC1CCCC(CCCCCCCCCCC)N1. The number of nitrogens with one attached hydrogen (secondary N) is 1.